The number of amides is 2. The van der Waals surface area contributed by atoms with E-state index in [1.165, 1.54) is 6.08 Å². The van der Waals surface area contributed by atoms with E-state index in [2.05, 4.69) is 21.2 Å². The maximum Gasteiger partial charge on any atom is 0.247 e. The van der Waals surface area contributed by atoms with Crippen molar-refractivity contribution in [1.29, 1.82) is 0 Å². The summed E-state index contributed by atoms with van der Waals surface area (Å²) in [6.07, 6.45) is 3.26. The van der Waals surface area contributed by atoms with E-state index >= 15 is 0 Å². The maximum absolute atomic E-state index is 12.1. The van der Waals surface area contributed by atoms with Crippen LogP contribution in [0.1, 0.15) is 12.5 Å². The van der Waals surface area contributed by atoms with E-state index in [1.54, 1.807) is 17.9 Å². The number of hydrogen-bond donors (Lipinski definition) is 1. The third kappa shape index (κ3) is 3.23. The van der Waals surface area contributed by atoms with Crippen LogP contribution >= 0.6 is 15.9 Å². The lowest BCUT2D eigenvalue weighted by Gasteiger charge is -2.31. The van der Waals surface area contributed by atoms with Crippen LogP contribution in [0.15, 0.2) is 34.8 Å². The number of carbonyl (C=O) groups is 2. The van der Waals surface area contributed by atoms with Gasteiger partial charge in [-0.05, 0) is 24.6 Å². The number of nitrogens with zero attached hydrogens (tertiary/aromatic N) is 1. The van der Waals surface area contributed by atoms with Crippen molar-refractivity contribution in [2.24, 2.45) is 0 Å². The number of carbonyl (C=O) groups excluding carboxylic acids is 2. The van der Waals surface area contributed by atoms with E-state index in [4.69, 9.17) is 0 Å². The van der Waals surface area contributed by atoms with Gasteiger partial charge in [0.2, 0.25) is 11.8 Å². The summed E-state index contributed by atoms with van der Waals surface area (Å²) < 4.78 is 0.934. The SMILES string of the molecule is CC1C(=O)NCCN1C(=O)C=Cc1ccccc1Br. The van der Waals surface area contributed by atoms with Gasteiger partial charge in [0, 0.05) is 23.6 Å². The Morgan fingerprint density at radius 1 is 1.47 bits per heavy atom. The van der Waals surface area contributed by atoms with Crippen LogP contribution in [0.5, 0.6) is 0 Å². The summed E-state index contributed by atoms with van der Waals surface area (Å²) in [5, 5.41) is 2.74. The average molecular weight is 323 g/mol. The molecule has 100 valence electrons. The summed E-state index contributed by atoms with van der Waals surface area (Å²) in [7, 11) is 0. The minimum Gasteiger partial charge on any atom is -0.353 e. The Kier molecular flexibility index (Phi) is 4.37. The first-order chi connectivity index (χ1) is 9.09. The minimum absolute atomic E-state index is 0.103. The van der Waals surface area contributed by atoms with Crippen molar-refractivity contribution in [1.82, 2.24) is 10.2 Å². The molecule has 0 radical (unpaired) electrons. The predicted octanol–water partition coefficient (Wildman–Crippen LogP) is 1.81. The quantitative estimate of drug-likeness (QED) is 0.844. The molecule has 1 unspecified atom stereocenters. The molecule has 1 N–H and O–H groups in total. The monoisotopic (exact) mass is 322 g/mol. The van der Waals surface area contributed by atoms with Crippen molar-refractivity contribution < 1.29 is 9.59 Å². The van der Waals surface area contributed by atoms with Crippen molar-refractivity contribution in [2.45, 2.75) is 13.0 Å². The van der Waals surface area contributed by atoms with E-state index in [9.17, 15) is 9.59 Å². The summed E-state index contributed by atoms with van der Waals surface area (Å²) in [5.41, 5.74) is 0.935. The number of nitrogens with one attached hydrogen (secondary N) is 1. The fourth-order valence-electron chi connectivity index (χ4n) is 1.95. The average Bonchev–Trinajstić information content (AvgIpc) is 2.40. The highest BCUT2D eigenvalue weighted by atomic mass is 79.9. The molecule has 0 bridgehead atoms. The van der Waals surface area contributed by atoms with Gasteiger partial charge in [0.15, 0.2) is 0 Å². The first kappa shape index (κ1) is 13.8. The highest BCUT2D eigenvalue weighted by Crippen LogP contribution is 2.17. The highest BCUT2D eigenvalue weighted by molar-refractivity contribution is 9.10. The second kappa shape index (κ2) is 6.02. The molecule has 1 aliphatic rings. The summed E-state index contributed by atoms with van der Waals surface area (Å²) >= 11 is 3.42. The van der Waals surface area contributed by atoms with Crippen LogP contribution in [0, 0.1) is 0 Å². The molecule has 0 spiro atoms. The zero-order valence-electron chi connectivity index (χ0n) is 10.6. The van der Waals surface area contributed by atoms with Crippen LogP contribution in [-0.2, 0) is 9.59 Å². The molecular weight excluding hydrogens is 308 g/mol. The second-order valence-electron chi connectivity index (χ2n) is 4.35. The normalized spacial score (nSPS) is 19.6. The number of hydrogen-bond acceptors (Lipinski definition) is 2. The van der Waals surface area contributed by atoms with Gasteiger partial charge in [-0.2, -0.15) is 0 Å². The van der Waals surface area contributed by atoms with Crippen molar-refractivity contribution in [3.63, 3.8) is 0 Å². The molecule has 0 saturated carbocycles. The lowest BCUT2D eigenvalue weighted by molar-refractivity contribution is -0.139. The molecule has 1 fully saturated rings. The fraction of sp³-hybridized carbons (Fsp3) is 0.286. The Labute approximate surface area is 120 Å². The van der Waals surface area contributed by atoms with Crippen LogP contribution in [0.4, 0.5) is 0 Å². The van der Waals surface area contributed by atoms with Gasteiger partial charge < -0.3 is 10.2 Å². The number of rotatable bonds is 2. The molecule has 1 aliphatic heterocycles. The van der Waals surface area contributed by atoms with Crippen LogP contribution < -0.4 is 5.32 Å². The molecule has 2 amide bonds. The Balaban J connectivity index is 2.09. The van der Waals surface area contributed by atoms with Crippen molar-refractivity contribution >= 4 is 33.8 Å². The molecule has 2 rings (SSSR count). The molecule has 1 heterocycles. The first-order valence-corrected chi connectivity index (χ1v) is 6.90. The van der Waals surface area contributed by atoms with Gasteiger partial charge in [-0.3, -0.25) is 9.59 Å². The zero-order chi connectivity index (χ0) is 13.8. The molecular formula is C14H15BrN2O2. The molecule has 5 heteroatoms. The largest absolute Gasteiger partial charge is 0.353 e. The summed E-state index contributed by atoms with van der Waals surface area (Å²) in [6, 6.07) is 7.25. The molecule has 1 aromatic carbocycles. The zero-order valence-corrected chi connectivity index (χ0v) is 12.2. The van der Waals surface area contributed by atoms with Gasteiger partial charge in [0.25, 0.3) is 0 Å². The van der Waals surface area contributed by atoms with Crippen molar-refractivity contribution in [3.8, 4) is 0 Å². The van der Waals surface area contributed by atoms with E-state index in [0.29, 0.717) is 13.1 Å². The third-order valence-corrected chi connectivity index (χ3v) is 3.81. The van der Waals surface area contributed by atoms with Gasteiger partial charge >= 0.3 is 0 Å². The summed E-state index contributed by atoms with van der Waals surface area (Å²) in [5.74, 6) is -0.244. The molecule has 0 aliphatic carbocycles. The van der Waals surface area contributed by atoms with Crippen LogP contribution in [0.2, 0.25) is 0 Å². The molecule has 1 aromatic rings. The van der Waals surface area contributed by atoms with Crippen LogP contribution in [0.25, 0.3) is 6.08 Å². The van der Waals surface area contributed by atoms with E-state index in [-0.39, 0.29) is 11.8 Å². The minimum atomic E-state index is -0.412. The Hall–Kier alpha value is -1.62. The Bertz CT molecular complexity index is 528. The second-order valence-corrected chi connectivity index (χ2v) is 5.21. The van der Waals surface area contributed by atoms with Gasteiger partial charge in [-0.1, -0.05) is 34.1 Å². The van der Waals surface area contributed by atoms with Crippen molar-refractivity contribution in [2.75, 3.05) is 13.1 Å². The van der Waals surface area contributed by atoms with E-state index < -0.39 is 6.04 Å². The molecule has 1 atom stereocenters. The standard InChI is InChI=1S/C14H15BrN2O2/c1-10-14(19)16-8-9-17(10)13(18)7-6-11-4-2-3-5-12(11)15/h2-7,10H,8-9H2,1H3,(H,16,19). The lowest BCUT2D eigenvalue weighted by atomic mass is 10.1. The third-order valence-electron chi connectivity index (χ3n) is 3.09. The van der Waals surface area contributed by atoms with Gasteiger partial charge in [0.05, 0.1) is 0 Å². The van der Waals surface area contributed by atoms with Crippen LogP contribution in [0.3, 0.4) is 0 Å². The van der Waals surface area contributed by atoms with Crippen molar-refractivity contribution in [3.05, 3.63) is 40.4 Å². The van der Waals surface area contributed by atoms with E-state index in [1.807, 2.05) is 24.3 Å². The van der Waals surface area contributed by atoms with Gasteiger partial charge in [-0.25, -0.2) is 0 Å². The van der Waals surface area contributed by atoms with Gasteiger partial charge in [0.1, 0.15) is 6.04 Å². The topological polar surface area (TPSA) is 49.4 Å². The molecule has 0 aromatic heterocycles. The molecule has 19 heavy (non-hydrogen) atoms. The Morgan fingerprint density at radius 3 is 2.95 bits per heavy atom. The van der Waals surface area contributed by atoms with Crippen LogP contribution in [-0.4, -0.2) is 35.8 Å². The molecule has 1 saturated heterocycles. The van der Waals surface area contributed by atoms with Gasteiger partial charge in [-0.15, -0.1) is 0 Å². The lowest BCUT2D eigenvalue weighted by Crippen LogP contribution is -2.55. The highest BCUT2D eigenvalue weighted by Gasteiger charge is 2.27. The number of piperazine rings is 1. The maximum atomic E-state index is 12.1. The predicted molar refractivity (Wildman–Crippen MR) is 77.4 cm³/mol. The number of halogens is 1. The number of benzene rings is 1. The Morgan fingerprint density at radius 2 is 2.21 bits per heavy atom. The summed E-state index contributed by atoms with van der Waals surface area (Å²) in [4.78, 5) is 25.2. The summed E-state index contributed by atoms with van der Waals surface area (Å²) in [6.45, 7) is 2.79. The smallest absolute Gasteiger partial charge is 0.247 e. The fourth-order valence-corrected chi connectivity index (χ4v) is 2.37. The molecule has 4 nitrogen and oxygen atoms in total. The first-order valence-electron chi connectivity index (χ1n) is 6.10. The van der Waals surface area contributed by atoms with E-state index in [0.717, 1.165) is 10.0 Å².